The van der Waals surface area contributed by atoms with Crippen LogP contribution in [0.3, 0.4) is 0 Å². The van der Waals surface area contributed by atoms with Gasteiger partial charge in [-0.3, -0.25) is 4.98 Å². The van der Waals surface area contributed by atoms with Crippen molar-refractivity contribution in [1.29, 1.82) is 0 Å². The fraction of sp³-hybridized carbons (Fsp3) is 0.542. The molecule has 174 valence electrons. The van der Waals surface area contributed by atoms with Crippen LogP contribution in [0.4, 0.5) is 0 Å². The molecular weight excluding hydrogens is 426 g/mol. The van der Waals surface area contributed by atoms with Crippen LogP contribution in [0.2, 0.25) is 0 Å². The molecule has 8 heteroatoms. The zero-order chi connectivity index (χ0) is 22.9. The van der Waals surface area contributed by atoms with E-state index in [1.54, 1.807) is 37.5 Å². The van der Waals surface area contributed by atoms with Crippen LogP contribution in [-0.2, 0) is 10.0 Å². The van der Waals surface area contributed by atoms with Crippen LogP contribution in [0, 0.1) is 11.8 Å². The molecule has 1 saturated carbocycles. The van der Waals surface area contributed by atoms with E-state index in [9.17, 15) is 13.5 Å². The van der Waals surface area contributed by atoms with E-state index in [0.717, 1.165) is 30.1 Å². The molecule has 1 N–H and O–H groups in total. The third kappa shape index (κ3) is 4.98. The Kier molecular flexibility index (Phi) is 6.86. The molecule has 1 aliphatic carbocycles. The second kappa shape index (κ2) is 9.47. The van der Waals surface area contributed by atoms with Crippen molar-refractivity contribution in [2.24, 2.45) is 11.8 Å². The van der Waals surface area contributed by atoms with Crippen molar-refractivity contribution in [3.8, 4) is 16.9 Å². The van der Waals surface area contributed by atoms with Crippen molar-refractivity contribution in [3.63, 3.8) is 0 Å². The van der Waals surface area contributed by atoms with Gasteiger partial charge < -0.3 is 14.7 Å². The minimum absolute atomic E-state index is 0.0457. The lowest BCUT2D eigenvalue weighted by Gasteiger charge is -2.37. The zero-order valence-corrected chi connectivity index (χ0v) is 19.8. The topological polar surface area (TPSA) is 83.0 Å². The summed E-state index contributed by atoms with van der Waals surface area (Å²) in [5.41, 5.74) is 1.75. The summed E-state index contributed by atoms with van der Waals surface area (Å²) in [5.74, 6) is 1.08. The van der Waals surface area contributed by atoms with Crippen LogP contribution in [0.1, 0.15) is 26.7 Å². The summed E-state index contributed by atoms with van der Waals surface area (Å²) < 4.78 is 35.0. The van der Waals surface area contributed by atoms with E-state index in [0.29, 0.717) is 12.3 Å². The molecule has 1 aromatic carbocycles. The van der Waals surface area contributed by atoms with Crippen molar-refractivity contribution in [1.82, 2.24) is 14.2 Å². The number of nitrogens with zero attached hydrogens (tertiary/aromatic N) is 3. The van der Waals surface area contributed by atoms with Crippen LogP contribution >= 0.6 is 0 Å². The van der Waals surface area contributed by atoms with Gasteiger partial charge in [0.05, 0.1) is 6.61 Å². The number of sulfonamides is 1. The lowest BCUT2D eigenvalue weighted by Crippen LogP contribution is -2.49. The Hall–Kier alpha value is -2.00. The number of fused-ring (bicyclic) bond motifs is 1. The predicted molar refractivity (Wildman–Crippen MR) is 124 cm³/mol. The van der Waals surface area contributed by atoms with E-state index in [2.05, 4.69) is 16.9 Å². The summed E-state index contributed by atoms with van der Waals surface area (Å²) >= 11 is 0. The van der Waals surface area contributed by atoms with Gasteiger partial charge in [0, 0.05) is 49.6 Å². The number of hydrogen-bond acceptors (Lipinski definition) is 6. The second-order valence-corrected chi connectivity index (χ2v) is 11.2. The number of aliphatic hydroxyl groups is 1. The molecule has 0 radical (unpaired) electrons. The molecule has 0 spiro atoms. The molecule has 1 aromatic heterocycles. The Morgan fingerprint density at radius 2 is 2.03 bits per heavy atom. The molecular formula is C24H33N3O4S. The van der Waals surface area contributed by atoms with E-state index < -0.39 is 16.1 Å². The highest BCUT2D eigenvalue weighted by Gasteiger charge is 2.38. The first kappa shape index (κ1) is 23.2. The Balaban J connectivity index is 1.74. The average molecular weight is 460 g/mol. The van der Waals surface area contributed by atoms with Crippen molar-refractivity contribution >= 4 is 10.0 Å². The van der Waals surface area contributed by atoms with E-state index >= 15 is 0 Å². The highest BCUT2D eigenvalue weighted by molar-refractivity contribution is 7.89. The number of ether oxygens (including phenoxy) is 1. The summed E-state index contributed by atoms with van der Waals surface area (Å²) in [4.78, 5) is 6.62. The fourth-order valence-corrected chi connectivity index (χ4v) is 6.11. The molecule has 1 fully saturated rings. The molecule has 1 aliphatic heterocycles. The Bertz CT molecular complexity index is 1030. The van der Waals surface area contributed by atoms with Gasteiger partial charge >= 0.3 is 0 Å². The third-order valence-electron chi connectivity index (χ3n) is 6.42. The van der Waals surface area contributed by atoms with Gasteiger partial charge in [-0.05, 0) is 56.5 Å². The van der Waals surface area contributed by atoms with Gasteiger partial charge in [0.2, 0.25) is 10.0 Å². The van der Waals surface area contributed by atoms with Gasteiger partial charge in [-0.1, -0.05) is 19.1 Å². The van der Waals surface area contributed by atoms with Gasteiger partial charge in [-0.15, -0.1) is 0 Å². The first-order valence-electron chi connectivity index (χ1n) is 11.3. The fourth-order valence-electron chi connectivity index (χ4n) is 4.28. The molecule has 3 atom stereocenters. The number of rotatable bonds is 7. The van der Waals surface area contributed by atoms with Crippen molar-refractivity contribution < 1.29 is 18.3 Å². The van der Waals surface area contributed by atoms with Crippen molar-refractivity contribution in [3.05, 3.63) is 42.7 Å². The van der Waals surface area contributed by atoms with Gasteiger partial charge in [-0.25, -0.2) is 8.42 Å². The quantitative estimate of drug-likeness (QED) is 0.686. The molecule has 0 unspecified atom stereocenters. The van der Waals surface area contributed by atoms with Gasteiger partial charge in [0.1, 0.15) is 16.7 Å². The largest absolute Gasteiger partial charge is 0.487 e. The normalized spacial score (nSPS) is 24.3. The van der Waals surface area contributed by atoms with Crippen LogP contribution < -0.4 is 4.74 Å². The molecule has 0 bridgehead atoms. The van der Waals surface area contributed by atoms with E-state index in [1.165, 1.54) is 17.1 Å². The van der Waals surface area contributed by atoms with Gasteiger partial charge in [-0.2, -0.15) is 4.31 Å². The number of likely N-dealkylation sites (N-methyl/N-ethyl adjacent to an activating group) is 1. The molecule has 2 aliphatic rings. The molecule has 2 heterocycles. The molecule has 7 nitrogen and oxygen atoms in total. The van der Waals surface area contributed by atoms with Crippen LogP contribution in [0.25, 0.3) is 11.1 Å². The van der Waals surface area contributed by atoms with Gasteiger partial charge in [0.25, 0.3) is 0 Å². The zero-order valence-electron chi connectivity index (χ0n) is 19.0. The Morgan fingerprint density at radius 1 is 1.25 bits per heavy atom. The third-order valence-corrected chi connectivity index (χ3v) is 8.44. The van der Waals surface area contributed by atoms with Crippen molar-refractivity contribution in [2.45, 2.75) is 43.7 Å². The number of hydrogen-bond donors (Lipinski definition) is 1. The van der Waals surface area contributed by atoms with Crippen LogP contribution in [0.15, 0.2) is 47.6 Å². The SMILES string of the molecule is C[C@@H]1CN([C@H](C)CO)S(=O)(=O)c2ccc(-c3cccnc3)cc2O[C@H]1CN(C)CC1CC1. The number of pyridine rings is 1. The summed E-state index contributed by atoms with van der Waals surface area (Å²) in [6.07, 6.45) is 5.85. The smallest absolute Gasteiger partial charge is 0.247 e. The van der Waals surface area contributed by atoms with Crippen LogP contribution in [0.5, 0.6) is 5.75 Å². The molecule has 0 saturated heterocycles. The lowest BCUT2D eigenvalue weighted by atomic mass is 10.0. The highest BCUT2D eigenvalue weighted by atomic mass is 32.2. The molecule has 0 amide bonds. The Labute approximate surface area is 191 Å². The number of benzene rings is 1. The maximum Gasteiger partial charge on any atom is 0.247 e. The number of aliphatic hydroxyl groups excluding tert-OH is 1. The van der Waals surface area contributed by atoms with Gasteiger partial charge in [0.15, 0.2) is 0 Å². The van der Waals surface area contributed by atoms with Crippen LogP contribution in [-0.4, -0.2) is 73.1 Å². The summed E-state index contributed by atoms with van der Waals surface area (Å²) in [5, 5.41) is 9.77. The molecule has 4 rings (SSSR count). The number of aromatic nitrogens is 1. The minimum Gasteiger partial charge on any atom is -0.487 e. The molecule has 32 heavy (non-hydrogen) atoms. The highest BCUT2D eigenvalue weighted by Crippen LogP contribution is 2.37. The first-order valence-corrected chi connectivity index (χ1v) is 12.8. The average Bonchev–Trinajstić information content (AvgIpc) is 3.59. The first-order chi connectivity index (χ1) is 15.3. The Morgan fingerprint density at radius 3 is 2.69 bits per heavy atom. The maximum atomic E-state index is 13.6. The van der Waals surface area contributed by atoms with E-state index in [-0.39, 0.29) is 23.5 Å². The standard InChI is InChI=1S/C24H33N3O4S/c1-17-13-27(18(2)16-28)32(29,30)24-9-8-20(21-5-4-10-25-12-21)11-22(24)31-23(17)15-26(3)14-19-6-7-19/h4-5,8-12,17-19,23,28H,6-7,13-16H2,1-3H3/t17-,18-,23+/m1/s1. The monoisotopic (exact) mass is 459 g/mol. The lowest BCUT2D eigenvalue weighted by molar-refractivity contribution is 0.0741. The van der Waals surface area contributed by atoms with E-state index in [1.807, 2.05) is 19.1 Å². The maximum absolute atomic E-state index is 13.6. The summed E-state index contributed by atoms with van der Waals surface area (Å²) in [6, 6.07) is 8.48. The van der Waals surface area contributed by atoms with Crippen molar-refractivity contribution in [2.75, 3.05) is 33.3 Å². The summed E-state index contributed by atoms with van der Waals surface area (Å²) in [6.45, 7) is 5.58. The second-order valence-electron chi connectivity index (χ2n) is 9.31. The summed E-state index contributed by atoms with van der Waals surface area (Å²) in [7, 11) is -1.73. The molecule has 2 aromatic rings. The minimum atomic E-state index is -3.83. The predicted octanol–water partition coefficient (Wildman–Crippen LogP) is 2.86. The van der Waals surface area contributed by atoms with E-state index in [4.69, 9.17) is 4.74 Å².